The second-order valence-electron chi connectivity index (χ2n) is 6.78. The lowest BCUT2D eigenvalue weighted by atomic mass is 9.95. The third-order valence-corrected chi connectivity index (χ3v) is 4.59. The van der Waals surface area contributed by atoms with Crippen LogP contribution in [0.4, 0.5) is 0 Å². The van der Waals surface area contributed by atoms with Crippen molar-refractivity contribution in [3.63, 3.8) is 0 Å². The summed E-state index contributed by atoms with van der Waals surface area (Å²) in [6.07, 6.45) is 3.48. The van der Waals surface area contributed by atoms with Gasteiger partial charge in [-0.1, -0.05) is 25.1 Å². The summed E-state index contributed by atoms with van der Waals surface area (Å²) in [5.41, 5.74) is 5.37. The van der Waals surface area contributed by atoms with Gasteiger partial charge in [0.15, 0.2) is 5.96 Å². The number of aliphatic imine (C=N–C) groups is 1. The summed E-state index contributed by atoms with van der Waals surface area (Å²) in [5, 5.41) is 3.37. The Bertz CT molecular complexity index is 576. The average Bonchev–Trinajstić information content (AvgIpc) is 2.64. The van der Waals surface area contributed by atoms with E-state index in [-0.39, 0.29) is 12.0 Å². The molecule has 0 radical (unpaired) electrons. The van der Waals surface area contributed by atoms with Crippen LogP contribution < -0.4 is 15.8 Å². The molecule has 2 atom stereocenters. The Morgan fingerprint density at radius 2 is 2.15 bits per heavy atom. The molecule has 0 aliphatic carbocycles. The first kappa shape index (κ1) is 20.1. The van der Waals surface area contributed by atoms with Crippen molar-refractivity contribution in [2.75, 3.05) is 26.2 Å². The van der Waals surface area contributed by atoms with Crippen LogP contribution in [-0.2, 0) is 4.79 Å². The number of ether oxygens (including phenoxy) is 1. The van der Waals surface area contributed by atoms with Crippen molar-refractivity contribution in [3.8, 4) is 5.75 Å². The molecule has 2 rings (SSSR count). The van der Waals surface area contributed by atoms with Crippen molar-refractivity contribution in [2.24, 2.45) is 16.6 Å². The molecule has 1 aliphatic rings. The van der Waals surface area contributed by atoms with E-state index in [2.05, 4.69) is 24.1 Å². The highest BCUT2D eigenvalue weighted by Crippen LogP contribution is 2.19. The molecule has 1 amide bonds. The van der Waals surface area contributed by atoms with Gasteiger partial charge in [0.25, 0.3) is 0 Å². The van der Waals surface area contributed by atoms with Crippen LogP contribution in [0.15, 0.2) is 35.3 Å². The number of hydrogen-bond donors (Lipinski definition) is 2. The van der Waals surface area contributed by atoms with Gasteiger partial charge in [0, 0.05) is 26.1 Å². The molecule has 6 nitrogen and oxygen atoms in total. The molecule has 1 saturated heterocycles. The van der Waals surface area contributed by atoms with Gasteiger partial charge in [0.05, 0.1) is 6.54 Å². The Labute approximate surface area is 156 Å². The van der Waals surface area contributed by atoms with Gasteiger partial charge in [0.1, 0.15) is 11.9 Å². The van der Waals surface area contributed by atoms with Gasteiger partial charge in [-0.25, -0.2) is 4.99 Å². The number of hydrogen-bond acceptors (Lipinski definition) is 3. The number of nitrogens with one attached hydrogen (secondary N) is 1. The van der Waals surface area contributed by atoms with E-state index in [1.54, 1.807) is 0 Å². The summed E-state index contributed by atoms with van der Waals surface area (Å²) in [7, 11) is 0. The van der Waals surface area contributed by atoms with Crippen LogP contribution in [0.5, 0.6) is 5.75 Å². The summed E-state index contributed by atoms with van der Waals surface area (Å²) in [4.78, 5) is 18.3. The van der Waals surface area contributed by atoms with Crippen LogP contribution in [0.1, 0.15) is 39.5 Å². The minimum Gasteiger partial charge on any atom is -0.489 e. The molecular formula is C20H32N4O2. The van der Waals surface area contributed by atoms with Gasteiger partial charge in [-0.3, -0.25) is 4.79 Å². The van der Waals surface area contributed by atoms with Crippen molar-refractivity contribution < 1.29 is 9.53 Å². The van der Waals surface area contributed by atoms with E-state index in [1.165, 1.54) is 0 Å². The standard InChI is InChI=1S/C20H32N4O2/c1-3-17(26-18-10-6-5-7-11-18)14-23-20(22-4-2)24-12-8-9-16(15-24)13-19(21)25/h5-7,10-11,16-17H,3-4,8-9,12-15H2,1-2H3,(H2,21,25)(H,22,23). The molecule has 1 aromatic rings. The smallest absolute Gasteiger partial charge is 0.217 e. The lowest BCUT2D eigenvalue weighted by molar-refractivity contribution is -0.119. The predicted molar refractivity (Wildman–Crippen MR) is 105 cm³/mol. The zero-order valence-corrected chi connectivity index (χ0v) is 16.0. The zero-order chi connectivity index (χ0) is 18.8. The fourth-order valence-corrected chi connectivity index (χ4v) is 3.26. The maximum atomic E-state index is 11.2. The third kappa shape index (κ3) is 6.58. The second kappa shape index (κ2) is 10.7. The van der Waals surface area contributed by atoms with Crippen molar-refractivity contribution in [1.29, 1.82) is 0 Å². The minimum atomic E-state index is -0.221. The molecule has 0 saturated carbocycles. The Morgan fingerprint density at radius 3 is 2.81 bits per heavy atom. The molecule has 1 heterocycles. The number of nitrogens with two attached hydrogens (primary N) is 1. The van der Waals surface area contributed by atoms with Gasteiger partial charge in [-0.2, -0.15) is 0 Å². The average molecular weight is 361 g/mol. The minimum absolute atomic E-state index is 0.0391. The van der Waals surface area contributed by atoms with Gasteiger partial charge in [0.2, 0.25) is 5.91 Å². The van der Waals surface area contributed by atoms with E-state index in [4.69, 9.17) is 15.5 Å². The van der Waals surface area contributed by atoms with Crippen LogP contribution in [0.25, 0.3) is 0 Å². The number of nitrogens with zero attached hydrogens (tertiary/aromatic N) is 2. The lowest BCUT2D eigenvalue weighted by Gasteiger charge is -2.34. The van der Waals surface area contributed by atoms with E-state index in [9.17, 15) is 4.79 Å². The number of guanidine groups is 1. The Hall–Kier alpha value is -2.24. The molecule has 0 bridgehead atoms. The van der Waals surface area contributed by atoms with Crippen LogP contribution in [0, 0.1) is 5.92 Å². The fourth-order valence-electron chi connectivity index (χ4n) is 3.26. The number of rotatable bonds is 8. The molecule has 2 unspecified atom stereocenters. The highest BCUT2D eigenvalue weighted by atomic mass is 16.5. The fraction of sp³-hybridized carbons (Fsp3) is 0.600. The maximum Gasteiger partial charge on any atom is 0.217 e. The molecule has 1 aromatic carbocycles. The first-order valence-electron chi connectivity index (χ1n) is 9.65. The monoisotopic (exact) mass is 360 g/mol. The molecule has 144 valence electrons. The Morgan fingerprint density at radius 1 is 1.38 bits per heavy atom. The molecule has 6 heteroatoms. The molecule has 0 spiro atoms. The molecule has 26 heavy (non-hydrogen) atoms. The van der Waals surface area contributed by atoms with Crippen LogP contribution >= 0.6 is 0 Å². The number of benzene rings is 1. The first-order valence-corrected chi connectivity index (χ1v) is 9.65. The van der Waals surface area contributed by atoms with Crippen LogP contribution in [0.3, 0.4) is 0 Å². The van der Waals surface area contributed by atoms with Crippen molar-refractivity contribution in [1.82, 2.24) is 10.2 Å². The normalized spacial score (nSPS) is 19.1. The number of piperidine rings is 1. The van der Waals surface area contributed by atoms with E-state index in [0.29, 0.717) is 18.9 Å². The van der Waals surface area contributed by atoms with Gasteiger partial charge in [-0.05, 0) is 44.2 Å². The maximum absolute atomic E-state index is 11.2. The summed E-state index contributed by atoms with van der Waals surface area (Å²) < 4.78 is 6.04. The van der Waals surface area contributed by atoms with Gasteiger partial charge >= 0.3 is 0 Å². The number of para-hydroxylation sites is 1. The SMILES string of the molecule is CCNC(=NCC(CC)Oc1ccccc1)N1CCCC(CC(N)=O)C1. The lowest BCUT2D eigenvalue weighted by Crippen LogP contribution is -2.47. The van der Waals surface area contributed by atoms with E-state index in [0.717, 1.165) is 50.6 Å². The summed E-state index contributed by atoms with van der Waals surface area (Å²) in [5.74, 6) is 1.87. The zero-order valence-electron chi connectivity index (χ0n) is 16.0. The summed E-state index contributed by atoms with van der Waals surface area (Å²) in [6, 6.07) is 9.87. The molecule has 3 N–H and O–H groups in total. The molecule has 0 aromatic heterocycles. The number of carbonyl (C=O) groups excluding carboxylic acids is 1. The van der Waals surface area contributed by atoms with Gasteiger partial charge in [-0.15, -0.1) is 0 Å². The second-order valence-corrected chi connectivity index (χ2v) is 6.78. The van der Waals surface area contributed by atoms with Crippen molar-refractivity contribution in [3.05, 3.63) is 30.3 Å². The highest BCUT2D eigenvalue weighted by molar-refractivity contribution is 5.80. The molecular weight excluding hydrogens is 328 g/mol. The predicted octanol–water partition coefficient (Wildman–Crippen LogP) is 2.40. The van der Waals surface area contributed by atoms with Crippen LogP contribution in [-0.4, -0.2) is 49.0 Å². The largest absolute Gasteiger partial charge is 0.489 e. The number of amides is 1. The topological polar surface area (TPSA) is 80.0 Å². The number of likely N-dealkylation sites (tertiary alicyclic amines) is 1. The van der Waals surface area contributed by atoms with Crippen LogP contribution in [0.2, 0.25) is 0 Å². The quantitative estimate of drug-likeness (QED) is 0.551. The number of primary amides is 1. The highest BCUT2D eigenvalue weighted by Gasteiger charge is 2.23. The first-order chi connectivity index (χ1) is 12.6. The number of carbonyl (C=O) groups is 1. The Kier molecular flexibility index (Phi) is 8.25. The van der Waals surface area contributed by atoms with Crippen molar-refractivity contribution in [2.45, 2.75) is 45.6 Å². The molecule has 1 fully saturated rings. The van der Waals surface area contributed by atoms with E-state index in [1.807, 2.05) is 30.3 Å². The molecule has 1 aliphatic heterocycles. The van der Waals surface area contributed by atoms with E-state index >= 15 is 0 Å². The van der Waals surface area contributed by atoms with Gasteiger partial charge < -0.3 is 20.7 Å². The summed E-state index contributed by atoms with van der Waals surface area (Å²) >= 11 is 0. The summed E-state index contributed by atoms with van der Waals surface area (Å²) in [6.45, 7) is 7.37. The van der Waals surface area contributed by atoms with Crippen molar-refractivity contribution >= 4 is 11.9 Å². The van der Waals surface area contributed by atoms with E-state index < -0.39 is 0 Å². The Balaban J connectivity index is 1.98. The third-order valence-electron chi connectivity index (χ3n) is 4.59.